The molecule has 4 N–H and O–H groups in total. The second-order valence-corrected chi connectivity index (χ2v) is 2.80. The third kappa shape index (κ3) is 8.00. The summed E-state index contributed by atoms with van der Waals surface area (Å²) >= 11 is 0. The van der Waals surface area contributed by atoms with E-state index in [9.17, 15) is 4.57 Å². The Labute approximate surface area is 72.7 Å². The summed E-state index contributed by atoms with van der Waals surface area (Å²) in [5.41, 5.74) is 10.0. The maximum Gasteiger partial charge on any atom is 0.735 e. The molecule has 0 aromatic heterocycles. The topological polar surface area (TPSA) is 85.6 Å². The van der Waals surface area contributed by atoms with Gasteiger partial charge in [0.15, 0.2) is 0 Å². The van der Waals surface area contributed by atoms with E-state index in [1.807, 2.05) is 6.92 Å². The van der Waals surface area contributed by atoms with Crippen LogP contribution < -0.4 is 16.7 Å². The van der Waals surface area contributed by atoms with Crippen molar-refractivity contribution in [3.05, 3.63) is 0 Å². The average Bonchev–Trinajstić information content (AvgIpc) is 2.06. The highest BCUT2D eigenvalue weighted by Gasteiger charge is 2.20. The van der Waals surface area contributed by atoms with Crippen LogP contribution in [0.5, 0.6) is 0 Å². The summed E-state index contributed by atoms with van der Waals surface area (Å²) in [5.74, 6) is 0. The van der Waals surface area contributed by atoms with Gasteiger partial charge < -0.3 is 5.73 Å². The van der Waals surface area contributed by atoms with E-state index in [-0.39, 0.29) is 0 Å². The van der Waals surface area contributed by atoms with E-state index in [4.69, 9.17) is 5.73 Å². The van der Waals surface area contributed by atoms with Gasteiger partial charge in [0.25, 0.3) is 0 Å². The first-order chi connectivity index (χ1) is 5.81. The smallest absolute Gasteiger partial charge is 0.329 e. The Hall–Kier alpha value is -0.100. The van der Waals surface area contributed by atoms with Gasteiger partial charge in [-0.05, 0) is 15.7 Å². The highest BCUT2D eigenvalue weighted by molar-refractivity contribution is 7.33. The highest BCUT2D eigenvalue weighted by Crippen LogP contribution is 2.18. The lowest BCUT2D eigenvalue weighted by Crippen LogP contribution is -2.21. The fraction of sp³-hybridized carbons (Fsp3) is 1.00. The molecule has 0 aliphatic heterocycles. The van der Waals surface area contributed by atoms with E-state index in [1.54, 1.807) is 0 Å². The molecular weight excluding hydrogens is 181 g/mol. The van der Waals surface area contributed by atoms with Gasteiger partial charge in [0, 0.05) is 24.2 Å². The van der Waals surface area contributed by atoms with Crippen LogP contribution in [0.4, 0.5) is 0 Å². The number of nitrogens with two attached hydrogens (primary N) is 1. The van der Waals surface area contributed by atoms with Crippen LogP contribution in [0.15, 0.2) is 0 Å². The Bertz CT molecular complexity index is 113. The van der Waals surface area contributed by atoms with Crippen LogP contribution in [0.2, 0.25) is 0 Å². The first kappa shape index (κ1) is 11.9. The molecule has 72 valence electrons. The fourth-order valence-electron chi connectivity index (χ4n) is 0.376. The maximum absolute atomic E-state index is 10.7. The molecule has 12 heavy (non-hydrogen) atoms. The molecule has 0 radical (unpaired) electrons. The Morgan fingerprint density at radius 3 is 2.42 bits per heavy atom. The van der Waals surface area contributed by atoms with Crippen LogP contribution >= 0.6 is 8.25 Å². The van der Waals surface area contributed by atoms with Gasteiger partial charge >= 0.3 is 8.25 Å². The minimum absolute atomic E-state index is 0.422. The average molecular weight is 196 g/mol. The second-order valence-electron chi connectivity index (χ2n) is 1.98. The summed E-state index contributed by atoms with van der Waals surface area (Å²) in [6.07, 6.45) is 0.902. The van der Waals surface area contributed by atoms with Crippen LogP contribution in [0.3, 0.4) is 0 Å². The normalized spacial score (nSPS) is 11.7. The van der Waals surface area contributed by atoms with Gasteiger partial charge in [-0.1, -0.05) is 6.92 Å². The molecule has 0 amide bonds. The molecule has 0 aromatic carbocycles. The third-order valence-corrected chi connectivity index (χ3v) is 1.43. The minimum atomic E-state index is -2.13. The lowest BCUT2D eigenvalue weighted by molar-refractivity contribution is 0.119. The van der Waals surface area contributed by atoms with Crippen molar-refractivity contribution in [2.75, 3.05) is 19.6 Å². The van der Waals surface area contributed by atoms with Crippen LogP contribution in [0.1, 0.15) is 13.3 Å². The molecule has 0 saturated heterocycles. The van der Waals surface area contributed by atoms with Gasteiger partial charge in [0.05, 0.1) is 0 Å². The predicted molar refractivity (Wildman–Crippen MR) is 45.1 cm³/mol. The fourth-order valence-corrected chi connectivity index (χ4v) is 0.807. The Balaban J connectivity index is 3.10. The molecule has 0 aliphatic rings. The lowest BCUT2D eigenvalue weighted by Gasteiger charge is -1.92. The van der Waals surface area contributed by atoms with E-state index in [0.29, 0.717) is 19.6 Å². The van der Waals surface area contributed by atoms with Crippen LogP contribution in [-0.2, 0) is 13.8 Å². The van der Waals surface area contributed by atoms with Crippen molar-refractivity contribution < 1.29 is 13.8 Å². The van der Waals surface area contributed by atoms with Crippen molar-refractivity contribution in [2.45, 2.75) is 13.3 Å². The first-order valence-electron chi connectivity index (χ1n) is 3.78. The maximum atomic E-state index is 10.7. The molecule has 1 unspecified atom stereocenters. The monoisotopic (exact) mass is 196 g/mol. The molecule has 7 heteroatoms. The van der Waals surface area contributed by atoms with E-state index in [2.05, 4.69) is 20.2 Å². The molecule has 0 saturated carbocycles. The van der Waals surface area contributed by atoms with Gasteiger partial charge in [-0.15, -0.1) is 11.0 Å². The molecule has 0 bridgehead atoms. The van der Waals surface area contributed by atoms with Gasteiger partial charge in [0.1, 0.15) is 0 Å². The Morgan fingerprint density at radius 1 is 1.33 bits per heavy atom. The SMILES string of the molecule is CCCNO[P+](=O)ONCCN. The molecule has 1 atom stereocenters. The Morgan fingerprint density at radius 2 is 1.92 bits per heavy atom. The summed E-state index contributed by atoms with van der Waals surface area (Å²) in [4.78, 5) is 0. The number of rotatable bonds is 8. The number of hydrogen-bond acceptors (Lipinski definition) is 6. The van der Waals surface area contributed by atoms with E-state index in [1.165, 1.54) is 0 Å². The molecule has 0 spiro atoms. The zero-order valence-electron chi connectivity index (χ0n) is 7.08. The molecular formula is C5H15N3O3P+. The molecule has 0 rings (SSSR count). The minimum Gasteiger partial charge on any atom is -0.329 e. The zero-order chi connectivity index (χ0) is 9.23. The van der Waals surface area contributed by atoms with E-state index < -0.39 is 8.25 Å². The number of nitrogens with one attached hydrogen (secondary N) is 2. The molecule has 0 aromatic rings. The summed E-state index contributed by atoms with van der Waals surface area (Å²) < 4.78 is 19.8. The van der Waals surface area contributed by atoms with Gasteiger partial charge in [0.2, 0.25) is 0 Å². The van der Waals surface area contributed by atoms with Crippen LogP contribution in [0.25, 0.3) is 0 Å². The predicted octanol–water partition coefficient (Wildman–Crippen LogP) is 0.0549. The van der Waals surface area contributed by atoms with Crippen LogP contribution in [0, 0.1) is 0 Å². The standard InChI is InChI=1S/C5H15N3O3P/c1-2-4-7-10-12(9)11-8-5-3-6/h7-8H,2-6H2,1H3/q+1. The van der Waals surface area contributed by atoms with Crippen molar-refractivity contribution >= 4 is 8.25 Å². The van der Waals surface area contributed by atoms with Gasteiger partial charge in [-0.25, -0.2) is 0 Å². The van der Waals surface area contributed by atoms with Gasteiger partial charge in [-0.2, -0.15) is 0 Å². The van der Waals surface area contributed by atoms with E-state index in [0.717, 1.165) is 6.42 Å². The van der Waals surface area contributed by atoms with Crippen molar-refractivity contribution in [3.8, 4) is 0 Å². The quantitative estimate of drug-likeness (QED) is 0.289. The third-order valence-electron chi connectivity index (χ3n) is 0.877. The summed E-state index contributed by atoms with van der Waals surface area (Å²) in [7, 11) is -2.13. The molecule has 0 heterocycles. The number of hydroxylamine groups is 2. The number of hydrogen-bond donors (Lipinski definition) is 3. The lowest BCUT2D eigenvalue weighted by atomic mass is 10.5. The largest absolute Gasteiger partial charge is 0.735 e. The summed E-state index contributed by atoms with van der Waals surface area (Å²) in [6, 6.07) is 0. The zero-order valence-corrected chi connectivity index (χ0v) is 7.97. The van der Waals surface area contributed by atoms with Crippen molar-refractivity contribution in [1.82, 2.24) is 11.0 Å². The van der Waals surface area contributed by atoms with Crippen molar-refractivity contribution in [3.63, 3.8) is 0 Å². The summed E-state index contributed by atoms with van der Waals surface area (Å²) in [5, 5.41) is 0. The van der Waals surface area contributed by atoms with Crippen molar-refractivity contribution in [1.29, 1.82) is 0 Å². The second kappa shape index (κ2) is 8.99. The van der Waals surface area contributed by atoms with Crippen molar-refractivity contribution in [2.24, 2.45) is 5.73 Å². The molecule has 6 nitrogen and oxygen atoms in total. The highest BCUT2D eigenvalue weighted by atomic mass is 31.1. The summed E-state index contributed by atoms with van der Waals surface area (Å²) in [6.45, 7) is 3.47. The Kier molecular flexibility index (Phi) is 8.92. The van der Waals surface area contributed by atoms with Gasteiger partial charge in [-0.3, -0.25) is 0 Å². The van der Waals surface area contributed by atoms with E-state index >= 15 is 0 Å². The molecule has 0 fully saturated rings. The first-order valence-corrected chi connectivity index (χ1v) is 4.87. The molecule has 0 aliphatic carbocycles. The van der Waals surface area contributed by atoms with Crippen LogP contribution in [-0.4, -0.2) is 19.6 Å².